The summed E-state index contributed by atoms with van der Waals surface area (Å²) in [7, 11) is 0. The molecule has 2 nitrogen and oxygen atoms in total. The minimum absolute atomic E-state index is 0.0382. The van der Waals surface area contributed by atoms with E-state index in [1.807, 2.05) is 6.20 Å². The third kappa shape index (κ3) is 5.00. The van der Waals surface area contributed by atoms with Crippen LogP contribution >= 0.6 is 0 Å². The van der Waals surface area contributed by atoms with E-state index in [0.29, 0.717) is 0 Å². The molecular weight excluding hydrogens is 352 g/mol. The molecule has 1 aromatic carbocycles. The maximum absolute atomic E-state index is 5.17. The Morgan fingerprint density at radius 1 is 1.03 bits per heavy atom. The predicted octanol–water partition coefficient (Wildman–Crippen LogP) is 6.94. The number of aromatic nitrogens is 1. The Morgan fingerprint density at radius 2 is 1.79 bits per heavy atom. The summed E-state index contributed by atoms with van der Waals surface area (Å²) in [5.74, 6) is 0. The second-order valence-electron chi connectivity index (χ2n) is 8.50. The van der Waals surface area contributed by atoms with Crippen LogP contribution in [0.25, 0.3) is 5.57 Å². The lowest BCUT2D eigenvalue weighted by Gasteiger charge is -2.22. The molecule has 0 amide bonds. The Labute approximate surface area is 175 Å². The van der Waals surface area contributed by atoms with Crippen LogP contribution in [0.3, 0.4) is 0 Å². The van der Waals surface area contributed by atoms with Crippen LogP contribution < -0.4 is 0 Å². The molecule has 0 bridgehead atoms. The van der Waals surface area contributed by atoms with Crippen LogP contribution in [0, 0.1) is 0 Å². The lowest BCUT2D eigenvalue weighted by atomic mass is 9.85. The summed E-state index contributed by atoms with van der Waals surface area (Å²) in [5, 5.41) is 0. The van der Waals surface area contributed by atoms with Gasteiger partial charge in [0.15, 0.2) is 0 Å². The van der Waals surface area contributed by atoms with Gasteiger partial charge in [-0.05, 0) is 36.1 Å². The SMILES string of the molecule is CCC=CC(CC)N=C(C1=C(c2ccccc2)C=C1)c1ccc(C(C)(C)C)nc1. The molecule has 3 rings (SSSR count). The van der Waals surface area contributed by atoms with Crippen LogP contribution in [0.1, 0.15) is 64.3 Å². The topological polar surface area (TPSA) is 25.2 Å². The number of allylic oxidation sites excluding steroid dienone is 5. The van der Waals surface area contributed by atoms with Gasteiger partial charge in [0.05, 0.1) is 11.8 Å². The standard InChI is InChI=1S/C27H32N2/c1-6-8-14-22(7-2)29-26(21-15-18-25(28-19-21)27(3,4)5)24-17-16-23(24)20-12-10-9-11-13-20/h8-19,22H,6-7H2,1-5H3. The van der Waals surface area contributed by atoms with Crippen LogP contribution in [0.2, 0.25) is 0 Å². The number of aliphatic imine (C=N–C) groups is 1. The zero-order valence-corrected chi connectivity index (χ0v) is 18.3. The first-order valence-corrected chi connectivity index (χ1v) is 10.6. The number of nitrogens with zero attached hydrogens (tertiary/aromatic N) is 2. The Hall–Kier alpha value is -2.74. The molecule has 0 saturated heterocycles. The average Bonchev–Trinajstić information content (AvgIpc) is 2.69. The van der Waals surface area contributed by atoms with Crippen molar-refractivity contribution in [2.24, 2.45) is 4.99 Å². The molecule has 0 spiro atoms. The summed E-state index contributed by atoms with van der Waals surface area (Å²) in [6.07, 6.45) is 12.8. The van der Waals surface area contributed by atoms with Gasteiger partial charge in [0.1, 0.15) is 0 Å². The van der Waals surface area contributed by atoms with Crippen molar-refractivity contribution in [2.45, 2.75) is 58.9 Å². The first-order valence-electron chi connectivity index (χ1n) is 10.6. The molecule has 0 radical (unpaired) electrons. The molecule has 1 aromatic heterocycles. The van der Waals surface area contributed by atoms with E-state index < -0.39 is 0 Å². The number of hydrogen-bond acceptors (Lipinski definition) is 2. The Kier molecular flexibility index (Phi) is 6.64. The van der Waals surface area contributed by atoms with E-state index in [4.69, 9.17) is 9.98 Å². The number of rotatable bonds is 7. The highest BCUT2D eigenvalue weighted by molar-refractivity contribution is 6.21. The largest absolute Gasteiger partial charge is 0.277 e. The molecule has 2 heteroatoms. The van der Waals surface area contributed by atoms with Crippen molar-refractivity contribution in [3.8, 4) is 0 Å². The van der Waals surface area contributed by atoms with Crippen LogP contribution in [0.5, 0.6) is 0 Å². The van der Waals surface area contributed by atoms with Crippen molar-refractivity contribution >= 4 is 11.3 Å². The number of hydrogen-bond donors (Lipinski definition) is 0. The van der Waals surface area contributed by atoms with Crippen molar-refractivity contribution in [2.75, 3.05) is 0 Å². The summed E-state index contributed by atoms with van der Waals surface area (Å²) >= 11 is 0. The average molecular weight is 385 g/mol. The van der Waals surface area contributed by atoms with Gasteiger partial charge in [0, 0.05) is 28.4 Å². The zero-order valence-electron chi connectivity index (χ0n) is 18.3. The van der Waals surface area contributed by atoms with Gasteiger partial charge in [0.25, 0.3) is 0 Å². The van der Waals surface area contributed by atoms with E-state index in [-0.39, 0.29) is 11.5 Å². The Bertz CT molecular complexity index is 936. The summed E-state index contributed by atoms with van der Waals surface area (Å²) in [6.45, 7) is 10.9. The second kappa shape index (κ2) is 9.17. The second-order valence-corrected chi connectivity index (χ2v) is 8.50. The molecule has 1 atom stereocenters. The fourth-order valence-electron chi connectivity index (χ4n) is 3.33. The van der Waals surface area contributed by atoms with Gasteiger partial charge in [-0.25, -0.2) is 0 Å². The summed E-state index contributed by atoms with van der Waals surface area (Å²) in [6, 6.07) is 15.0. The van der Waals surface area contributed by atoms with Gasteiger partial charge in [0.2, 0.25) is 0 Å². The Balaban J connectivity index is 2.07. The van der Waals surface area contributed by atoms with E-state index in [0.717, 1.165) is 29.8 Å². The molecule has 1 aliphatic carbocycles. The first-order chi connectivity index (χ1) is 13.9. The van der Waals surface area contributed by atoms with Crippen LogP contribution in [-0.4, -0.2) is 16.7 Å². The Morgan fingerprint density at radius 3 is 2.31 bits per heavy atom. The van der Waals surface area contributed by atoms with E-state index in [9.17, 15) is 0 Å². The maximum Gasteiger partial charge on any atom is 0.0747 e. The highest BCUT2D eigenvalue weighted by atomic mass is 14.8. The third-order valence-corrected chi connectivity index (χ3v) is 5.16. The highest BCUT2D eigenvalue weighted by Crippen LogP contribution is 2.32. The van der Waals surface area contributed by atoms with Gasteiger partial charge < -0.3 is 0 Å². The summed E-state index contributed by atoms with van der Waals surface area (Å²) < 4.78 is 0. The molecule has 29 heavy (non-hydrogen) atoms. The van der Waals surface area contributed by atoms with Gasteiger partial charge >= 0.3 is 0 Å². The molecule has 0 aliphatic heterocycles. The predicted molar refractivity (Wildman–Crippen MR) is 125 cm³/mol. The normalized spacial score (nSPS) is 15.7. The molecule has 2 aromatic rings. The fourth-order valence-corrected chi connectivity index (χ4v) is 3.33. The van der Waals surface area contributed by atoms with Crippen molar-refractivity contribution < 1.29 is 0 Å². The monoisotopic (exact) mass is 384 g/mol. The van der Waals surface area contributed by atoms with Gasteiger partial charge in [-0.3, -0.25) is 9.98 Å². The maximum atomic E-state index is 5.17. The van der Waals surface area contributed by atoms with E-state index >= 15 is 0 Å². The fraction of sp³-hybridized carbons (Fsp3) is 0.333. The van der Waals surface area contributed by atoms with E-state index in [1.54, 1.807) is 0 Å². The smallest absolute Gasteiger partial charge is 0.0747 e. The molecule has 150 valence electrons. The minimum Gasteiger partial charge on any atom is -0.277 e. The summed E-state index contributed by atoms with van der Waals surface area (Å²) in [5.41, 5.74) is 6.93. The molecule has 1 aliphatic rings. The van der Waals surface area contributed by atoms with E-state index in [1.165, 1.54) is 16.7 Å². The van der Waals surface area contributed by atoms with Crippen molar-refractivity contribution in [3.05, 3.63) is 95.4 Å². The molecule has 0 fully saturated rings. The van der Waals surface area contributed by atoms with Gasteiger partial charge in [-0.2, -0.15) is 0 Å². The van der Waals surface area contributed by atoms with Crippen molar-refractivity contribution in [1.29, 1.82) is 0 Å². The van der Waals surface area contributed by atoms with Gasteiger partial charge in [-0.15, -0.1) is 0 Å². The lowest BCUT2D eigenvalue weighted by Crippen LogP contribution is -2.17. The van der Waals surface area contributed by atoms with Crippen LogP contribution in [0.15, 0.2) is 83.5 Å². The molecule has 0 N–H and O–H groups in total. The van der Waals surface area contributed by atoms with Crippen molar-refractivity contribution in [3.63, 3.8) is 0 Å². The van der Waals surface area contributed by atoms with Crippen molar-refractivity contribution in [1.82, 2.24) is 4.98 Å². The van der Waals surface area contributed by atoms with Crippen LogP contribution in [0.4, 0.5) is 0 Å². The zero-order chi connectivity index (χ0) is 20.9. The number of pyridine rings is 1. The third-order valence-electron chi connectivity index (χ3n) is 5.16. The van der Waals surface area contributed by atoms with Crippen LogP contribution in [-0.2, 0) is 5.41 Å². The highest BCUT2D eigenvalue weighted by Gasteiger charge is 2.21. The first kappa shape index (κ1) is 21.0. The van der Waals surface area contributed by atoms with E-state index in [2.05, 4.69) is 101 Å². The van der Waals surface area contributed by atoms with Gasteiger partial charge in [-0.1, -0.05) is 89.3 Å². The number of benzene rings is 1. The molecule has 1 heterocycles. The molecule has 0 saturated carbocycles. The summed E-state index contributed by atoms with van der Waals surface area (Å²) in [4.78, 5) is 9.93. The quantitative estimate of drug-likeness (QED) is 0.375. The minimum atomic E-state index is 0.0382. The molecular formula is C27H32N2. The molecule has 1 unspecified atom stereocenters. The lowest BCUT2D eigenvalue weighted by molar-refractivity contribution is 0.569.